The Morgan fingerprint density at radius 1 is 1.36 bits per heavy atom. The summed E-state index contributed by atoms with van der Waals surface area (Å²) in [5.74, 6) is 0.631. The molecule has 0 unspecified atom stereocenters. The number of aliphatic imine (C=N–C) groups is 2. The second-order valence-electron chi connectivity index (χ2n) is 2.69. The van der Waals surface area contributed by atoms with Gasteiger partial charge in [0.2, 0.25) is 5.96 Å². The van der Waals surface area contributed by atoms with Crippen molar-refractivity contribution in [3.8, 4) is 0 Å². The topological polar surface area (TPSA) is 28.0 Å². The van der Waals surface area contributed by atoms with Gasteiger partial charge in [-0.25, -0.2) is 9.98 Å². The highest BCUT2D eigenvalue weighted by Gasteiger charge is 1.93. The first kappa shape index (κ1) is 9.88. The van der Waals surface area contributed by atoms with Gasteiger partial charge in [-0.1, -0.05) is 5.57 Å². The van der Waals surface area contributed by atoms with Crippen molar-refractivity contribution in [2.75, 3.05) is 14.1 Å². The first-order valence-corrected chi connectivity index (χ1v) is 3.43. The lowest BCUT2D eigenvalue weighted by Crippen LogP contribution is -2.18. The molecule has 0 aromatic heterocycles. The predicted octanol–water partition coefficient (Wildman–Crippen LogP) is 1.53. The van der Waals surface area contributed by atoms with Gasteiger partial charge in [0.25, 0.3) is 0 Å². The predicted molar refractivity (Wildman–Crippen MR) is 50.1 cm³/mol. The zero-order chi connectivity index (χ0) is 8.85. The number of nitrogens with zero attached hydrogens (tertiary/aromatic N) is 3. The Bertz CT molecular complexity index is 186. The van der Waals surface area contributed by atoms with Gasteiger partial charge in [0.1, 0.15) is 0 Å². The zero-order valence-electron chi connectivity index (χ0n) is 7.63. The lowest BCUT2D eigenvalue weighted by Gasteiger charge is -2.08. The van der Waals surface area contributed by atoms with Gasteiger partial charge in [0.05, 0.1) is 0 Å². The summed E-state index contributed by atoms with van der Waals surface area (Å²) in [4.78, 5) is 9.65. The molecule has 0 fully saturated rings. The number of guanidine groups is 1. The normalized spacial score (nSPS) is 10.7. The Morgan fingerprint density at radius 2 is 1.91 bits per heavy atom. The van der Waals surface area contributed by atoms with Crippen LogP contribution in [0, 0.1) is 0 Å². The molecule has 11 heavy (non-hydrogen) atoms. The molecule has 3 nitrogen and oxygen atoms in total. The molecule has 0 spiro atoms. The van der Waals surface area contributed by atoms with Crippen LogP contribution in [0.25, 0.3) is 0 Å². The van der Waals surface area contributed by atoms with Crippen molar-refractivity contribution in [2.45, 2.75) is 13.8 Å². The molecule has 0 aliphatic rings. The Hall–Kier alpha value is -1.12. The molecule has 0 heterocycles. The number of allylic oxidation sites excluding steroid dienone is 1. The number of hydrogen-bond donors (Lipinski definition) is 0. The zero-order valence-corrected chi connectivity index (χ0v) is 7.63. The molecular formula is C8H15N3. The van der Waals surface area contributed by atoms with Crippen LogP contribution < -0.4 is 0 Å². The van der Waals surface area contributed by atoms with Crippen molar-refractivity contribution in [3.05, 3.63) is 11.8 Å². The van der Waals surface area contributed by atoms with E-state index < -0.39 is 0 Å². The third kappa shape index (κ3) is 4.31. The Kier molecular flexibility index (Phi) is 4.18. The minimum absolute atomic E-state index is 0.631. The average molecular weight is 153 g/mol. The maximum atomic E-state index is 4.09. The molecule has 0 bridgehead atoms. The third-order valence-corrected chi connectivity index (χ3v) is 0.980. The Labute approximate surface area is 68.2 Å². The van der Waals surface area contributed by atoms with E-state index >= 15 is 0 Å². The van der Waals surface area contributed by atoms with Crippen molar-refractivity contribution in [1.29, 1.82) is 0 Å². The maximum Gasteiger partial charge on any atom is 0.224 e. The molecule has 0 aliphatic carbocycles. The van der Waals surface area contributed by atoms with Gasteiger partial charge >= 0.3 is 0 Å². The second-order valence-corrected chi connectivity index (χ2v) is 2.69. The van der Waals surface area contributed by atoms with E-state index in [-0.39, 0.29) is 0 Å². The largest absolute Gasteiger partial charge is 0.347 e. The van der Waals surface area contributed by atoms with Gasteiger partial charge in [-0.15, -0.1) is 0 Å². The van der Waals surface area contributed by atoms with Gasteiger partial charge in [0, 0.05) is 20.3 Å². The van der Waals surface area contributed by atoms with Crippen LogP contribution in [0.5, 0.6) is 0 Å². The van der Waals surface area contributed by atoms with Crippen molar-refractivity contribution < 1.29 is 0 Å². The summed E-state index contributed by atoms with van der Waals surface area (Å²) >= 11 is 0. The summed E-state index contributed by atoms with van der Waals surface area (Å²) in [5, 5.41) is 0. The van der Waals surface area contributed by atoms with Gasteiger partial charge in [0.15, 0.2) is 0 Å². The van der Waals surface area contributed by atoms with E-state index in [4.69, 9.17) is 0 Å². The molecule has 0 N–H and O–H groups in total. The van der Waals surface area contributed by atoms with E-state index in [1.165, 1.54) is 0 Å². The maximum absolute atomic E-state index is 4.09. The molecular weight excluding hydrogens is 138 g/mol. The molecule has 62 valence electrons. The van der Waals surface area contributed by atoms with Gasteiger partial charge in [-0.05, 0) is 20.6 Å². The molecule has 0 saturated carbocycles. The van der Waals surface area contributed by atoms with Crippen molar-refractivity contribution in [3.63, 3.8) is 0 Å². The monoisotopic (exact) mass is 153 g/mol. The minimum atomic E-state index is 0.631. The number of rotatable bonds is 1. The molecule has 0 rings (SSSR count). The summed E-state index contributed by atoms with van der Waals surface area (Å²) in [6.45, 7) is 7.38. The van der Waals surface area contributed by atoms with E-state index in [0.29, 0.717) is 5.96 Å². The van der Waals surface area contributed by atoms with Crippen LogP contribution in [0.3, 0.4) is 0 Å². The molecule has 0 saturated heterocycles. The van der Waals surface area contributed by atoms with E-state index in [1.54, 1.807) is 6.20 Å². The van der Waals surface area contributed by atoms with Crippen LogP contribution >= 0.6 is 0 Å². The Morgan fingerprint density at radius 3 is 2.18 bits per heavy atom. The average Bonchev–Trinajstić information content (AvgIpc) is 1.87. The van der Waals surface area contributed by atoms with Gasteiger partial charge < -0.3 is 4.90 Å². The fraction of sp³-hybridized carbons (Fsp3) is 0.500. The molecule has 0 radical (unpaired) electrons. The van der Waals surface area contributed by atoms with Crippen LogP contribution in [0.4, 0.5) is 0 Å². The van der Waals surface area contributed by atoms with Crippen LogP contribution in [-0.4, -0.2) is 31.7 Å². The smallest absolute Gasteiger partial charge is 0.224 e. The van der Waals surface area contributed by atoms with Crippen LogP contribution in [0.2, 0.25) is 0 Å². The summed E-state index contributed by atoms with van der Waals surface area (Å²) in [6.07, 6.45) is 1.77. The highest BCUT2D eigenvalue weighted by molar-refractivity contribution is 5.84. The molecule has 0 aromatic carbocycles. The van der Waals surface area contributed by atoms with E-state index in [9.17, 15) is 0 Å². The minimum Gasteiger partial charge on any atom is -0.347 e. The van der Waals surface area contributed by atoms with Gasteiger partial charge in [-0.2, -0.15) is 0 Å². The quantitative estimate of drug-likeness (QED) is 0.414. The van der Waals surface area contributed by atoms with Crippen LogP contribution in [0.15, 0.2) is 21.8 Å². The van der Waals surface area contributed by atoms with E-state index in [1.807, 2.05) is 32.8 Å². The first-order chi connectivity index (χ1) is 5.07. The molecule has 0 atom stereocenters. The van der Waals surface area contributed by atoms with Crippen molar-refractivity contribution >= 4 is 12.7 Å². The number of hydrogen-bond acceptors (Lipinski definition) is 1. The molecule has 3 heteroatoms. The van der Waals surface area contributed by atoms with Gasteiger partial charge in [-0.3, -0.25) is 0 Å². The summed E-state index contributed by atoms with van der Waals surface area (Å²) in [6, 6.07) is 0. The standard InChI is InChI=1S/C8H15N3/c1-7(2)6-10-8(9-3)11(4)5/h6H,3H2,1-2,4-5H3. The van der Waals surface area contributed by atoms with Crippen LogP contribution in [0.1, 0.15) is 13.8 Å². The van der Waals surface area contributed by atoms with Crippen LogP contribution in [-0.2, 0) is 0 Å². The van der Waals surface area contributed by atoms with Crippen molar-refractivity contribution in [2.24, 2.45) is 9.98 Å². The second kappa shape index (κ2) is 4.66. The summed E-state index contributed by atoms with van der Waals surface area (Å²) < 4.78 is 0. The lowest BCUT2D eigenvalue weighted by atomic mass is 10.4. The fourth-order valence-corrected chi connectivity index (χ4v) is 0.485. The molecule has 0 amide bonds. The fourth-order valence-electron chi connectivity index (χ4n) is 0.485. The SMILES string of the molecule is C=NC(=NC=C(C)C)N(C)C. The molecule has 0 aromatic rings. The van der Waals surface area contributed by atoms with Crippen molar-refractivity contribution in [1.82, 2.24) is 4.90 Å². The van der Waals surface area contributed by atoms with E-state index in [0.717, 1.165) is 5.57 Å². The highest BCUT2D eigenvalue weighted by atomic mass is 15.2. The molecule has 0 aliphatic heterocycles. The highest BCUT2D eigenvalue weighted by Crippen LogP contribution is 1.92. The lowest BCUT2D eigenvalue weighted by molar-refractivity contribution is 0.615. The summed E-state index contributed by atoms with van der Waals surface area (Å²) in [5.41, 5.74) is 1.15. The summed E-state index contributed by atoms with van der Waals surface area (Å²) in [7, 11) is 3.76. The van der Waals surface area contributed by atoms with E-state index in [2.05, 4.69) is 16.7 Å². The Balaban J connectivity index is 4.36. The third-order valence-electron chi connectivity index (χ3n) is 0.980. The first-order valence-electron chi connectivity index (χ1n) is 3.43.